The van der Waals surface area contributed by atoms with Crippen molar-refractivity contribution in [3.8, 4) is 0 Å². The first-order chi connectivity index (χ1) is 11.1. The van der Waals surface area contributed by atoms with Crippen LogP contribution in [-0.2, 0) is 0 Å². The number of aryl methyl sites for hydroxylation is 1. The van der Waals surface area contributed by atoms with Gasteiger partial charge < -0.3 is 10.6 Å². The Morgan fingerprint density at radius 3 is 2.52 bits per heavy atom. The summed E-state index contributed by atoms with van der Waals surface area (Å²) in [7, 11) is 0. The van der Waals surface area contributed by atoms with Crippen LogP contribution in [0.1, 0.15) is 24.1 Å². The molecular weight excluding hydrogens is 300 g/mol. The van der Waals surface area contributed by atoms with E-state index in [1.54, 1.807) is 0 Å². The van der Waals surface area contributed by atoms with Crippen molar-refractivity contribution in [1.82, 2.24) is 5.32 Å². The van der Waals surface area contributed by atoms with Crippen LogP contribution < -0.4 is 10.6 Å². The number of benzene rings is 3. The summed E-state index contributed by atoms with van der Waals surface area (Å²) in [5, 5.41) is 9.77. The Kier molecular flexibility index (Phi) is 4.58. The van der Waals surface area contributed by atoms with Gasteiger partial charge in [-0.25, -0.2) is 0 Å². The highest BCUT2D eigenvalue weighted by atomic mass is 32.1. The summed E-state index contributed by atoms with van der Waals surface area (Å²) in [6.45, 7) is 4.20. The largest absolute Gasteiger partial charge is 0.356 e. The van der Waals surface area contributed by atoms with Gasteiger partial charge in [0.15, 0.2) is 5.11 Å². The van der Waals surface area contributed by atoms with Gasteiger partial charge in [-0.15, -0.1) is 0 Å². The summed E-state index contributed by atoms with van der Waals surface area (Å²) >= 11 is 5.46. The first kappa shape index (κ1) is 15.5. The maximum Gasteiger partial charge on any atom is 0.171 e. The van der Waals surface area contributed by atoms with E-state index < -0.39 is 0 Å². The molecule has 0 spiro atoms. The van der Waals surface area contributed by atoms with Crippen LogP contribution in [-0.4, -0.2) is 5.11 Å². The van der Waals surface area contributed by atoms with Crippen molar-refractivity contribution in [2.45, 2.75) is 19.9 Å². The number of anilines is 1. The number of rotatable bonds is 3. The van der Waals surface area contributed by atoms with Gasteiger partial charge in [0.05, 0.1) is 6.04 Å². The highest BCUT2D eigenvalue weighted by Crippen LogP contribution is 2.24. The van der Waals surface area contributed by atoms with Gasteiger partial charge in [-0.2, -0.15) is 0 Å². The third kappa shape index (κ3) is 3.69. The molecule has 1 atom stereocenters. The normalized spacial score (nSPS) is 11.9. The van der Waals surface area contributed by atoms with Crippen molar-refractivity contribution in [1.29, 1.82) is 0 Å². The zero-order valence-corrected chi connectivity index (χ0v) is 14.2. The molecule has 116 valence electrons. The Hall–Kier alpha value is -2.39. The zero-order valence-electron chi connectivity index (χ0n) is 13.3. The van der Waals surface area contributed by atoms with Crippen LogP contribution in [0.25, 0.3) is 10.8 Å². The van der Waals surface area contributed by atoms with E-state index in [4.69, 9.17) is 12.2 Å². The quantitative estimate of drug-likeness (QED) is 0.649. The van der Waals surface area contributed by atoms with Gasteiger partial charge in [0.1, 0.15) is 0 Å². The van der Waals surface area contributed by atoms with E-state index >= 15 is 0 Å². The smallest absolute Gasteiger partial charge is 0.171 e. The summed E-state index contributed by atoms with van der Waals surface area (Å²) in [4.78, 5) is 0. The molecule has 0 unspecified atom stereocenters. The third-order valence-corrected chi connectivity index (χ3v) is 4.13. The van der Waals surface area contributed by atoms with Crippen molar-refractivity contribution >= 4 is 33.8 Å². The average Bonchev–Trinajstić information content (AvgIpc) is 2.54. The second kappa shape index (κ2) is 6.80. The molecule has 23 heavy (non-hydrogen) atoms. The van der Waals surface area contributed by atoms with Crippen molar-refractivity contribution < 1.29 is 0 Å². The van der Waals surface area contributed by atoms with Crippen LogP contribution >= 0.6 is 12.2 Å². The molecule has 0 amide bonds. The standard InChI is InChI=1S/C20H20N2S/c1-14-7-5-10-17(13-14)22-20(23)21-15(2)18-12-6-9-16-8-3-4-11-19(16)18/h3-13,15H,1-2H3,(H2,21,22,23)/t15-/m0/s1. The van der Waals surface area contributed by atoms with Crippen molar-refractivity contribution in [2.24, 2.45) is 0 Å². The van der Waals surface area contributed by atoms with Crippen LogP contribution in [0, 0.1) is 6.92 Å². The number of hydrogen-bond donors (Lipinski definition) is 2. The van der Waals surface area contributed by atoms with E-state index in [9.17, 15) is 0 Å². The summed E-state index contributed by atoms with van der Waals surface area (Å²) in [6.07, 6.45) is 0. The highest BCUT2D eigenvalue weighted by molar-refractivity contribution is 7.80. The minimum absolute atomic E-state index is 0.130. The Morgan fingerprint density at radius 1 is 0.957 bits per heavy atom. The molecule has 0 fully saturated rings. The topological polar surface area (TPSA) is 24.1 Å². The molecule has 3 aromatic carbocycles. The van der Waals surface area contributed by atoms with Crippen LogP contribution in [0.15, 0.2) is 66.7 Å². The Labute approximate surface area is 142 Å². The summed E-state index contributed by atoms with van der Waals surface area (Å²) in [5.74, 6) is 0. The maximum atomic E-state index is 5.46. The lowest BCUT2D eigenvalue weighted by molar-refractivity contribution is 0.729. The molecule has 0 aliphatic heterocycles. The van der Waals surface area contributed by atoms with Gasteiger partial charge in [0, 0.05) is 5.69 Å². The van der Waals surface area contributed by atoms with Crippen LogP contribution in [0.5, 0.6) is 0 Å². The maximum absolute atomic E-state index is 5.46. The predicted molar refractivity (Wildman–Crippen MR) is 103 cm³/mol. The lowest BCUT2D eigenvalue weighted by Crippen LogP contribution is -2.31. The van der Waals surface area contributed by atoms with Gasteiger partial charge in [-0.1, -0.05) is 54.6 Å². The van der Waals surface area contributed by atoms with Crippen LogP contribution in [0.4, 0.5) is 5.69 Å². The molecule has 0 aliphatic rings. The predicted octanol–water partition coefficient (Wildman–Crippen LogP) is 5.20. The zero-order chi connectivity index (χ0) is 16.2. The fourth-order valence-corrected chi connectivity index (χ4v) is 3.09. The van der Waals surface area contributed by atoms with E-state index in [0.29, 0.717) is 5.11 Å². The number of thiocarbonyl (C=S) groups is 1. The second-order valence-corrected chi connectivity index (χ2v) is 6.17. The molecule has 0 aromatic heterocycles. The van der Waals surface area contributed by atoms with Gasteiger partial charge in [-0.3, -0.25) is 0 Å². The Morgan fingerprint density at radius 2 is 1.70 bits per heavy atom. The average molecular weight is 320 g/mol. The Balaban J connectivity index is 1.75. The van der Waals surface area contributed by atoms with Crippen molar-refractivity contribution in [3.05, 3.63) is 77.9 Å². The van der Waals surface area contributed by atoms with E-state index in [1.807, 2.05) is 12.1 Å². The first-order valence-electron chi connectivity index (χ1n) is 7.75. The molecule has 2 nitrogen and oxygen atoms in total. The van der Waals surface area contributed by atoms with E-state index in [0.717, 1.165) is 5.69 Å². The van der Waals surface area contributed by atoms with Crippen LogP contribution in [0.2, 0.25) is 0 Å². The summed E-state index contributed by atoms with van der Waals surface area (Å²) in [6, 6.07) is 23.1. The minimum atomic E-state index is 0.130. The van der Waals surface area contributed by atoms with E-state index in [1.165, 1.54) is 21.9 Å². The lowest BCUT2D eigenvalue weighted by atomic mass is 10.00. The van der Waals surface area contributed by atoms with Gasteiger partial charge in [-0.05, 0) is 60.1 Å². The third-order valence-electron chi connectivity index (χ3n) is 3.91. The SMILES string of the molecule is Cc1cccc(NC(=S)N[C@@H](C)c2cccc3ccccc23)c1. The molecule has 0 bridgehead atoms. The molecular formula is C20H20N2S. The summed E-state index contributed by atoms with van der Waals surface area (Å²) < 4.78 is 0. The molecule has 0 radical (unpaired) electrons. The van der Waals surface area contributed by atoms with Crippen LogP contribution in [0.3, 0.4) is 0 Å². The lowest BCUT2D eigenvalue weighted by Gasteiger charge is -2.19. The van der Waals surface area contributed by atoms with Crippen molar-refractivity contribution in [3.63, 3.8) is 0 Å². The molecule has 0 saturated heterocycles. The van der Waals surface area contributed by atoms with E-state index in [2.05, 4.69) is 79.1 Å². The molecule has 3 rings (SSSR count). The van der Waals surface area contributed by atoms with E-state index in [-0.39, 0.29) is 6.04 Å². The fraction of sp³-hybridized carbons (Fsp3) is 0.150. The molecule has 0 saturated carbocycles. The highest BCUT2D eigenvalue weighted by Gasteiger charge is 2.10. The first-order valence-corrected chi connectivity index (χ1v) is 8.16. The second-order valence-electron chi connectivity index (χ2n) is 5.76. The number of fused-ring (bicyclic) bond motifs is 1. The molecule has 0 aliphatic carbocycles. The van der Waals surface area contributed by atoms with Gasteiger partial charge in [0.2, 0.25) is 0 Å². The Bertz CT molecular complexity index is 836. The molecule has 3 aromatic rings. The summed E-state index contributed by atoms with van der Waals surface area (Å²) in [5.41, 5.74) is 3.46. The fourth-order valence-electron chi connectivity index (χ4n) is 2.79. The monoisotopic (exact) mass is 320 g/mol. The van der Waals surface area contributed by atoms with Crippen molar-refractivity contribution in [2.75, 3.05) is 5.32 Å². The molecule has 3 heteroatoms. The minimum Gasteiger partial charge on any atom is -0.356 e. The molecule has 2 N–H and O–H groups in total. The number of hydrogen-bond acceptors (Lipinski definition) is 1. The van der Waals surface area contributed by atoms with Gasteiger partial charge in [0.25, 0.3) is 0 Å². The number of nitrogens with one attached hydrogen (secondary N) is 2. The molecule has 0 heterocycles. The van der Waals surface area contributed by atoms with Gasteiger partial charge >= 0.3 is 0 Å².